The third-order valence-electron chi connectivity index (χ3n) is 9.19. The first-order chi connectivity index (χ1) is 22.9. The van der Waals surface area contributed by atoms with Crippen LogP contribution in [0.15, 0.2) is 97.1 Å². The number of ether oxygens (including phenoxy) is 2. The molecule has 0 radical (unpaired) electrons. The molecule has 8 nitrogen and oxygen atoms in total. The lowest BCUT2D eigenvalue weighted by Gasteiger charge is -2.34. The van der Waals surface area contributed by atoms with E-state index >= 15 is 0 Å². The SMILES string of the molecule is CO[Si](CCCOc1ccc(C2(c3ccc(OCCC[Si](OC)(OC)OC)cc3)c3ccccc3-c3ccccc32)cc1)(OC)OC. The molecule has 250 valence electrons. The van der Waals surface area contributed by atoms with Crippen LogP contribution in [0.2, 0.25) is 12.1 Å². The highest BCUT2D eigenvalue weighted by Gasteiger charge is 2.46. The number of rotatable bonds is 18. The Bertz CT molecular complexity index is 1430. The summed E-state index contributed by atoms with van der Waals surface area (Å²) >= 11 is 0. The summed E-state index contributed by atoms with van der Waals surface area (Å²) < 4.78 is 45.6. The molecule has 10 heteroatoms. The van der Waals surface area contributed by atoms with Crippen molar-refractivity contribution in [2.45, 2.75) is 30.3 Å². The third-order valence-corrected chi connectivity index (χ3v) is 14.8. The van der Waals surface area contributed by atoms with Gasteiger partial charge in [-0.1, -0.05) is 72.8 Å². The van der Waals surface area contributed by atoms with Crippen LogP contribution in [0.5, 0.6) is 11.5 Å². The Labute approximate surface area is 281 Å². The van der Waals surface area contributed by atoms with Crippen LogP contribution in [-0.2, 0) is 32.0 Å². The molecule has 1 aliphatic rings. The van der Waals surface area contributed by atoms with E-state index in [-0.39, 0.29) is 0 Å². The molecule has 0 amide bonds. The van der Waals surface area contributed by atoms with Crippen molar-refractivity contribution in [2.75, 3.05) is 55.9 Å². The highest BCUT2D eigenvalue weighted by atomic mass is 28.4. The van der Waals surface area contributed by atoms with Crippen molar-refractivity contribution in [2.24, 2.45) is 0 Å². The zero-order chi connectivity index (χ0) is 33.3. The summed E-state index contributed by atoms with van der Waals surface area (Å²) in [6.07, 6.45) is 1.52. The fourth-order valence-electron chi connectivity index (χ4n) is 6.70. The van der Waals surface area contributed by atoms with E-state index in [1.807, 2.05) is 0 Å². The van der Waals surface area contributed by atoms with E-state index in [9.17, 15) is 0 Å². The van der Waals surface area contributed by atoms with Gasteiger partial charge in [-0.2, -0.15) is 0 Å². The van der Waals surface area contributed by atoms with Gasteiger partial charge in [0.25, 0.3) is 0 Å². The maximum atomic E-state index is 6.15. The Morgan fingerprint density at radius 1 is 0.447 bits per heavy atom. The Balaban J connectivity index is 1.41. The Kier molecular flexibility index (Phi) is 11.7. The summed E-state index contributed by atoms with van der Waals surface area (Å²) in [4.78, 5) is 0. The molecule has 0 N–H and O–H groups in total. The average Bonchev–Trinajstić information content (AvgIpc) is 3.44. The molecule has 0 atom stereocenters. The summed E-state index contributed by atoms with van der Waals surface area (Å²) in [6.45, 7) is 1.07. The first kappa shape index (κ1) is 35.0. The minimum Gasteiger partial charge on any atom is -0.494 e. The van der Waals surface area contributed by atoms with Gasteiger partial charge in [0.2, 0.25) is 0 Å². The van der Waals surface area contributed by atoms with E-state index in [4.69, 9.17) is 36.0 Å². The molecular formula is C37H46O8Si2. The predicted molar refractivity (Wildman–Crippen MR) is 187 cm³/mol. The largest absolute Gasteiger partial charge is 0.500 e. The van der Waals surface area contributed by atoms with Crippen LogP contribution in [0.4, 0.5) is 0 Å². The quantitative estimate of drug-likeness (QED) is 0.0706. The van der Waals surface area contributed by atoms with Gasteiger partial charge in [0.15, 0.2) is 0 Å². The molecule has 0 fully saturated rings. The van der Waals surface area contributed by atoms with Crippen molar-refractivity contribution >= 4 is 17.6 Å². The number of benzene rings is 4. The first-order valence-corrected chi connectivity index (χ1v) is 19.8. The zero-order valence-electron chi connectivity index (χ0n) is 28.2. The smallest absolute Gasteiger partial charge is 0.494 e. The molecule has 0 aliphatic heterocycles. The van der Waals surface area contributed by atoms with Crippen LogP contribution < -0.4 is 9.47 Å². The van der Waals surface area contributed by atoms with Crippen molar-refractivity contribution < 1.29 is 36.0 Å². The van der Waals surface area contributed by atoms with Crippen LogP contribution in [0.1, 0.15) is 35.1 Å². The number of hydrogen-bond donors (Lipinski definition) is 0. The second kappa shape index (κ2) is 15.7. The Morgan fingerprint density at radius 2 is 0.787 bits per heavy atom. The molecule has 0 heterocycles. The van der Waals surface area contributed by atoms with Crippen molar-refractivity contribution in [1.29, 1.82) is 0 Å². The van der Waals surface area contributed by atoms with Gasteiger partial charge in [-0.3, -0.25) is 0 Å². The van der Waals surface area contributed by atoms with Crippen LogP contribution in [0.3, 0.4) is 0 Å². The summed E-state index contributed by atoms with van der Waals surface area (Å²) in [7, 11) is 4.55. The number of hydrogen-bond acceptors (Lipinski definition) is 8. The summed E-state index contributed by atoms with van der Waals surface area (Å²) in [5.41, 5.74) is 6.82. The fraction of sp³-hybridized carbons (Fsp3) is 0.351. The van der Waals surface area contributed by atoms with E-state index in [2.05, 4.69) is 97.1 Å². The first-order valence-electron chi connectivity index (χ1n) is 15.9. The highest BCUT2D eigenvalue weighted by molar-refractivity contribution is 6.60. The molecule has 0 bridgehead atoms. The van der Waals surface area contributed by atoms with Crippen LogP contribution >= 0.6 is 0 Å². The zero-order valence-corrected chi connectivity index (χ0v) is 30.2. The van der Waals surface area contributed by atoms with E-state index in [0.717, 1.165) is 24.3 Å². The van der Waals surface area contributed by atoms with E-state index < -0.39 is 23.0 Å². The van der Waals surface area contributed by atoms with Crippen LogP contribution in [-0.4, -0.2) is 73.5 Å². The Hall–Kier alpha value is -3.33. The molecule has 0 spiro atoms. The standard InChI is InChI=1S/C37H46O8Si2/c1-38-46(39-2,40-3)27-11-25-44-31-21-17-29(18-22-31)37(35-15-9-7-13-33(35)34-14-8-10-16-36(34)37)30-19-23-32(24-20-30)45-26-12-28-47(41-4,42-5)43-6/h7-10,13-24H,11-12,25-28H2,1-6H3. The second-order valence-corrected chi connectivity index (χ2v) is 17.6. The molecule has 1 aliphatic carbocycles. The molecule has 0 saturated carbocycles. The minimum atomic E-state index is -2.63. The topological polar surface area (TPSA) is 73.8 Å². The third kappa shape index (κ3) is 6.97. The molecule has 0 saturated heterocycles. The van der Waals surface area contributed by atoms with Gasteiger partial charge in [0.1, 0.15) is 11.5 Å². The molecule has 5 rings (SSSR count). The normalized spacial score (nSPS) is 13.7. The van der Waals surface area contributed by atoms with Crippen molar-refractivity contribution in [1.82, 2.24) is 0 Å². The summed E-state index contributed by atoms with van der Waals surface area (Å²) in [5, 5.41) is 0. The van der Waals surface area contributed by atoms with Gasteiger partial charge in [0.05, 0.1) is 18.6 Å². The van der Waals surface area contributed by atoms with Gasteiger partial charge in [-0.05, 0) is 70.5 Å². The predicted octanol–water partition coefficient (Wildman–Crippen LogP) is 7.34. The van der Waals surface area contributed by atoms with E-state index in [0.29, 0.717) is 25.3 Å². The van der Waals surface area contributed by atoms with Gasteiger partial charge in [-0.15, -0.1) is 0 Å². The van der Waals surface area contributed by atoms with E-state index in [1.54, 1.807) is 42.7 Å². The van der Waals surface area contributed by atoms with Crippen LogP contribution in [0.25, 0.3) is 11.1 Å². The lowest BCUT2D eigenvalue weighted by Crippen LogP contribution is -2.42. The molecule has 0 unspecified atom stereocenters. The van der Waals surface area contributed by atoms with Crippen LogP contribution in [0, 0.1) is 0 Å². The second-order valence-electron chi connectivity index (χ2n) is 11.4. The maximum absolute atomic E-state index is 6.15. The van der Waals surface area contributed by atoms with Gasteiger partial charge in [-0.25, -0.2) is 0 Å². The minimum absolute atomic E-state index is 0.508. The average molecular weight is 675 g/mol. The summed E-state index contributed by atoms with van der Waals surface area (Å²) in [5.74, 6) is 1.63. The summed E-state index contributed by atoms with van der Waals surface area (Å²) in [6, 6.07) is 35.8. The molecule has 4 aromatic carbocycles. The van der Waals surface area contributed by atoms with Crippen molar-refractivity contribution in [3.8, 4) is 22.6 Å². The van der Waals surface area contributed by atoms with Crippen molar-refractivity contribution in [3.05, 3.63) is 119 Å². The number of fused-ring (bicyclic) bond motifs is 3. The van der Waals surface area contributed by atoms with Gasteiger partial charge >= 0.3 is 17.6 Å². The Morgan fingerprint density at radius 3 is 1.13 bits per heavy atom. The van der Waals surface area contributed by atoms with Crippen molar-refractivity contribution in [3.63, 3.8) is 0 Å². The molecule has 47 heavy (non-hydrogen) atoms. The lowest BCUT2D eigenvalue weighted by molar-refractivity contribution is 0.120. The van der Waals surface area contributed by atoms with E-state index in [1.165, 1.54) is 33.4 Å². The van der Waals surface area contributed by atoms with Gasteiger partial charge < -0.3 is 36.0 Å². The molecule has 4 aromatic rings. The fourth-order valence-corrected chi connectivity index (χ4v) is 10.1. The lowest BCUT2D eigenvalue weighted by atomic mass is 9.68. The molecule has 0 aromatic heterocycles. The highest BCUT2D eigenvalue weighted by Crippen LogP contribution is 2.56. The molecular weight excluding hydrogens is 629 g/mol. The van der Waals surface area contributed by atoms with Gasteiger partial charge in [0, 0.05) is 54.7 Å². The monoisotopic (exact) mass is 674 g/mol. The maximum Gasteiger partial charge on any atom is 0.500 e.